The quantitative estimate of drug-likeness (QED) is 0.917. The van der Waals surface area contributed by atoms with E-state index in [0.29, 0.717) is 13.0 Å². The summed E-state index contributed by atoms with van der Waals surface area (Å²) in [5.41, 5.74) is 2.19. The lowest BCUT2D eigenvalue weighted by Gasteiger charge is -2.13. The fourth-order valence-corrected chi connectivity index (χ4v) is 2.49. The smallest absolute Gasteiger partial charge is 0.308 e. The number of aromatic nitrogens is 3. The third kappa shape index (κ3) is 2.69. The Balaban J connectivity index is 1.75. The molecule has 1 aromatic heterocycles. The summed E-state index contributed by atoms with van der Waals surface area (Å²) in [6.45, 7) is 2.66. The standard InChI is InChI=1S/C15H16N4O3/c1-10-2-4-12(5-3-10)19-9-13(16-17-19)14(20)18-7-6-11(8-18)15(21)22/h2-5,9,11H,6-8H2,1H3,(H,21,22). The van der Waals surface area contributed by atoms with Crippen LogP contribution in [0.3, 0.4) is 0 Å². The third-order valence-electron chi connectivity index (χ3n) is 3.84. The molecule has 1 aliphatic rings. The van der Waals surface area contributed by atoms with E-state index in [1.807, 2.05) is 31.2 Å². The number of rotatable bonds is 3. The first-order valence-corrected chi connectivity index (χ1v) is 7.06. The molecule has 1 aliphatic heterocycles. The van der Waals surface area contributed by atoms with Crippen LogP contribution in [-0.2, 0) is 4.79 Å². The molecule has 0 bridgehead atoms. The van der Waals surface area contributed by atoms with Gasteiger partial charge < -0.3 is 10.0 Å². The van der Waals surface area contributed by atoms with Crippen LogP contribution >= 0.6 is 0 Å². The van der Waals surface area contributed by atoms with Gasteiger partial charge in [-0.25, -0.2) is 4.68 Å². The molecule has 3 rings (SSSR count). The van der Waals surface area contributed by atoms with Crippen molar-refractivity contribution in [2.45, 2.75) is 13.3 Å². The van der Waals surface area contributed by atoms with Gasteiger partial charge in [0.25, 0.3) is 5.91 Å². The molecule has 1 saturated heterocycles. The molecule has 2 aromatic rings. The van der Waals surface area contributed by atoms with Crippen molar-refractivity contribution in [1.82, 2.24) is 19.9 Å². The van der Waals surface area contributed by atoms with Gasteiger partial charge in [0.2, 0.25) is 0 Å². The van der Waals surface area contributed by atoms with E-state index in [-0.39, 0.29) is 18.1 Å². The maximum atomic E-state index is 12.3. The fourth-order valence-electron chi connectivity index (χ4n) is 2.49. The van der Waals surface area contributed by atoms with Gasteiger partial charge in [0.1, 0.15) is 0 Å². The molecule has 0 spiro atoms. The van der Waals surface area contributed by atoms with Gasteiger partial charge in [0.05, 0.1) is 17.8 Å². The summed E-state index contributed by atoms with van der Waals surface area (Å²) in [5.74, 6) is -1.63. The van der Waals surface area contributed by atoms with Crippen LogP contribution in [0.5, 0.6) is 0 Å². The van der Waals surface area contributed by atoms with Gasteiger partial charge in [-0.3, -0.25) is 9.59 Å². The molecule has 7 heteroatoms. The van der Waals surface area contributed by atoms with Crippen LogP contribution < -0.4 is 0 Å². The van der Waals surface area contributed by atoms with E-state index in [4.69, 9.17) is 5.11 Å². The van der Waals surface area contributed by atoms with Gasteiger partial charge in [-0.2, -0.15) is 0 Å². The molecule has 0 radical (unpaired) electrons. The molecule has 114 valence electrons. The van der Waals surface area contributed by atoms with E-state index < -0.39 is 11.9 Å². The summed E-state index contributed by atoms with van der Waals surface area (Å²) in [4.78, 5) is 24.8. The minimum absolute atomic E-state index is 0.228. The van der Waals surface area contributed by atoms with Crippen molar-refractivity contribution in [2.75, 3.05) is 13.1 Å². The SMILES string of the molecule is Cc1ccc(-n2cc(C(=O)N3CCC(C(=O)O)C3)nn2)cc1. The highest BCUT2D eigenvalue weighted by molar-refractivity contribution is 5.92. The largest absolute Gasteiger partial charge is 0.481 e. The summed E-state index contributed by atoms with van der Waals surface area (Å²) in [6.07, 6.45) is 2.05. The second-order valence-corrected chi connectivity index (χ2v) is 5.46. The predicted octanol–water partition coefficient (Wildman–Crippen LogP) is 1.12. The topological polar surface area (TPSA) is 88.3 Å². The molecule has 1 fully saturated rings. The number of nitrogens with zero attached hydrogens (tertiary/aromatic N) is 4. The van der Waals surface area contributed by atoms with Crippen molar-refractivity contribution in [3.8, 4) is 5.69 Å². The summed E-state index contributed by atoms with van der Waals surface area (Å²) in [6, 6.07) is 7.70. The van der Waals surface area contributed by atoms with E-state index in [1.165, 1.54) is 9.58 Å². The Hall–Kier alpha value is -2.70. The molecule has 1 unspecified atom stereocenters. The number of benzene rings is 1. The lowest BCUT2D eigenvalue weighted by molar-refractivity contribution is -0.141. The van der Waals surface area contributed by atoms with E-state index >= 15 is 0 Å². The molecule has 22 heavy (non-hydrogen) atoms. The van der Waals surface area contributed by atoms with E-state index in [2.05, 4.69) is 10.3 Å². The number of carbonyl (C=O) groups excluding carboxylic acids is 1. The number of hydrogen-bond donors (Lipinski definition) is 1. The van der Waals surface area contributed by atoms with E-state index in [9.17, 15) is 9.59 Å². The Morgan fingerprint density at radius 3 is 2.64 bits per heavy atom. The van der Waals surface area contributed by atoms with Crippen molar-refractivity contribution in [3.63, 3.8) is 0 Å². The lowest BCUT2D eigenvalue weighted by Crippen LogP contribution is -2.30. The van der Waals surface area contributed by atoms with Crippen LogP contribution in [0.2, 0.25) is 0 Å². The maximum Gasteiger partial charge on any atom is 0.308 e. The molecule has 0 aliphatic carbocycles. The Bertz CT molecular complexity index is 708. The number of likely N-dealkylation sites (tertiary alicyclic amines) is 1. The fraction of sp³-hybridized carbons (Fsp3) is 0.333. The average Bonchev–Trinajstić information content (AvgIpc) is 3.17. The van der Waals surface area contributed by atoms with Gasteiger partial charge in [0, 0.05) is 13.1 Å². The van der Waals surface area contributed by atoms with Crippen molar-refractivity contribution in [2.24, 2.45) is 5.92 Å². The van der Waals surface area contributed by atoms with Crippen molar-refractivity contribution >= 4 is 11.9 Å². The van der Waals surface area contributed by atoms with Gasteiger partial charge in [0.15, 0.2) is 5.69 Å². The number of carboxylic acids is 1. The number of carboxylic acid groups (broad SMARTS) is 1. The first-order valence-electron chi connectivity index (χ1n) is 7.06. The van der Waals surface area contributed by atoms with Crippen molar-refractivity contribution < 1.29 is 14.7 Å². The van der Waals surface area contributed by atoms with E-state index in [0.717, 1.165) is 11.3 Å². The minimum atomic E-state index is -0.862. The molecule has 1 amide bonds. The molecule has 7 nitrogen and oxygen atoms in total. The van der Waals surface area contributed by atoms with Gasteiger partial charge in [-0.15, -0.1) is 5.10 Å². The zero-order valence-corrected chi connectivity index (χ0v) is 12.1. The van der Waals surface area contributed by atoms with Crippen molar-refractivity contribution in [3.05, 3.63) is 41.7 Å². The summed E-state index contributed by atoms with van der Waals surface area (Å²) in [5, 5.41) is 16.9. The second kappa shape index (κ2) is 5.59. The molecule has 1 aromatic carbocycles. The van der Waals surface area contributed by atoms with Crippen LogP contribution in [0.4, 0.5) is 0 Å². The van der Waals surface area contributed by atoms with E-state index in [1.54, 1.807) is 6.20 Å². The normalized spacial score (nSPS) is 17.7. The Labute approximate surface area is 127 Å². The molecule has 2 heterocycles. The Morgan fingerprint density at radius 2 is 2.00 bits per heavy atom. The highest BCUT2D eigenvalue weighted by atomic mass is 16.4. The molecule has 1 atom stereocenters. The highest BCUT2D eigenvalue weighted by Crippen LogP contribution is 2.18. The Morgan fingerprint density at radius 1 is 1.27 bits per heavy atom. The third-order valence-corrected chi connectivity index (χ3v) is 3.84. The van der Waals surface area contributed by atoms with Crippen LogP contribution in [0.1, 0.15) is 22.5 Å². The lowest BCUT2D eigenvalue weighted by atomic mass is 10.1. The molecule has 0 saturated carbocycles. The van der Waals surface area contributed by atoms with Gasteiger partial charge in [-0.05, 0) is 25.5 Å². The number of hydrogen-bond acceptors (Lipinski definition) is 4. The van der Waals surface area contributed by atoms with Crippen LogP contribution in [0, 0.1) is 12.8 Å². The Kier molecular flexibility index (Phi) is 3.62. The zero-order valence-electron chi connectivity index (χ0n) is 12.1. The molecule has 1 N–H and O–H groups in total. The van der Waals surface area contributed by atoms with Gasteiger partial charge in [-0.1, -0.05) is 22.9 Å². The van der Waals surface area contributed by atoms with Crippen LogP contribution in [-0.4, -0.2) is 50.0 Å². The summed E-state index contributed by atoms with van der Waals surface area (Å²) < 4.78 is 1.54. The zero-order chi connectivity index (χ0) is 15.7. The summed E-state index contributed by atoms with van der Waals surface area (Å²) in [7, 11) is 0. The minimum Gasteiger partial charge on any atom is -0.481 e. The highest BCUT2D eigenvalue weighted by Gasteiger charge is 2.32. The number of aryl methyl sites for hydroxylation is 1. The van der Waals surface area contributed by atoms with Crippen LogP contribution in [0.15, 0.2) is 30.5 Å². The number of amides is 1. The molecular weight excluding hydrogens is 284 g/mol. The second-order valence-electron chi connectivity index (χ2n) is 5.46. The van der Waals surface area contributed by atoms with Crippen molar-refractivity contribution in [1.29, 1.82) is 0 Å². The monoisotopic (exact) mass is 300 g/mol. The number of aliphatic carboxylic acids is 1. The van der Waals surface area contributed by atoms with Gasteiger partial charge >= 0.3 is 5.97 Å². The van der Waals surface area contributed by atoms with Crippen LogP contribution in [0.25, 0.3) is 5.69 Å². The summed E-state index contributed by atoms with van der Waals surface area (Å²) >= 11 is 0. The maximum absolute atomic E-state index is 12.3. The first kappa shape index (κ1) is 14.2. The molecular formula is C15H16N4O3. The number of carbonyl (C=O) groups is 2. The predicted molar refractivity (Wildman–Crippen MR) is 77.7 cm³/mol. The average molecular weight is 300 g/mol. The first-order chi connectivity index (χ1) is 10.5.